The minimum absolute atomic E-state index is 0.0487. The molecule has 0 unspecified atom stereocenters. The Morgan fingerprint density at radius 2 is 1.62 bits per heavy atom. The highest BCUT2D eigenvalue weighted by Crippen LogP contribution is 2.31. The van der Waals surface area contributed by atoms with E-state index in [4.69, 9.17) is 11.6 Å². The van der Waals surface area contributed by atoms with Gasteiger partial charge in [0.2, 0.25) is 11.8 Å². The molecule has 0 heterocycles. The lowest BCUT2D eigenvalue weighted by molar-refractivity contribution is -0.139. The third-order valence-corrected chi connectivity index (χ3v) is 8.77. The van der Waals surface area contributed by atoms with Gasteiger partial charge in [-0.05, 0) is 62.6 Å². The van der Waals surface area contributed by atoms with Crippen molar-refractivity contribution in [2.75, 3.05) is 17.4 Å². The molecule has 3 aromatic carbocycles. The highest BCUT2D eigenvalue weighted by molar-refractivity contribution is 7.92. The summed E-state index contributed by atoms with van der Waals surface area (Å²) in [7, 11) is -4.14. The van der Waals surface area contributed by atoms with E-state index in [2.05, 4.69) is 5.32 Å². The quantitative estimate of drug-likeness (QED) is 0.292. The Balaban J connectivity index is 2.02. The van der Waals surface area contributed by atoms with Gasteiger partial charge < -0.3 is 10.2 Å². The summed E-state index contributed by atoms with van der Waals surface area (Å²) < 4.78 is 28.8. The summed E-state index contributed by atoms with van der Waals surface area (Å²) in [6.45, 7) is 7.52. The zero-order chi connectivity index (χ0) is 28.6. The van der Waals surface area contributed by atoms with E-state index in [1.807, 2.05) is 38.1 Å². The molecule has 0 aromatic heterocycles. The molecule has 2 amide bonds. The molecule has 0 spiro atoms. The van der Waals surface area contributed by atoms with Crippen molar-refractivity contribution in [3.63, 3.8) is 0 Å². The van der Waals surface area contributed by atoms with Crippen molar-refractivity contribution in [3.05, 3.63) is 94.5 Å². The molecule has 3 rings (SSSR count). The lowest BCUT2D eigenvalue weighted by Gasteiger charge is -2.32. The van der Waals surface area contributed by atoms with Gasteiger partial charge in [0, 0.05) is 18.1 Å². The van der Waals surface area contributed by atoms with Crippen molar-refractivity contribution in [1.29, 1.82) is 0 Å². The van der Waals surface area contributed by atoms with Gasteiger partial charge in [-0.15, -0.1) is 0 Å². The molecule has 0 fully saturated rings. The minimum atomic E-state index is -4.14. The van der Waals surface area contributed by atoms with Crippen LogP contribution >= 0.6 is 11.6 Å². The Morgan fingerprint density at radius 3 is 2.26 bits per heavy atom. The SMILES string of the molecule is CCCCNC(=O)[C@H](C)N(Cc1ccc(C)cc1)C(=O)CN(c1cccc(Cl)c1C)S(=O)(=O)c1ccccc1. The molecule has 0 saturated carbocycles. The molecule has 0 aliphatic heterocycles. The molecular formula is C30H36ClN3O4S. The van der Waals surface area contributed by atoms with E-state index in [-0.39, 0.29) is 17.3 Å². The van der Waals surface area contributed by atoms with E-state index < -0.39 is 28.5 Å². The van der Waals surface area contributed by atoms with Gasteiger partial charge >= 0.3 is 0 Å². The number of aryl methyl sites for hydroxylation is 1. The summed E-state index contributed by atoms with van der Waals surface area (Å²) in [5, 5.41) is 3.27. The van der Waals surface area contributed by atoms with Crippen LogP contribution in [0.3, 0.4) is 0 Å². The second-order valence-corrected chi connectivity index (χ2v) is 11.8. The first-order valence-electron chi connectivity index (χ1n) is 13.0. The molecular weight excluding hydrogens is 534 g/mol. The number of amides is 2. The van der Waals surface area contributed by atoms with Gasteiger partial charge in [0.1, 0.15) is 12.6 Å². The van der Waals surface area contributed by atoms with Gasteiger partial charge in [-0.25, -0.2) is 8.42 Å². The van der Waals surface area contributed by atoms with Crippen molar-refractivity contribution < 1.29 is 18.0 Å². The van der Waals surface area contributed by atoms with Gasteiger partial charge in [-0.1, -0.05) is 79.0 Å². The highest BCUT2D eigenvalue weighted by atomic mass is 35.5. The van der Waals surface area contributed by atoms with Crippen LogP contribution in [0.25, 0.3) is 0 Å². The molecule has 9 heteroatoms. The number of hydrogen-bond donors (Lipinski definition) is 1. The van der Waals surface area contributed by atoms with Crippen LogP contribution in [0.1, 0.15) is 43.4 Å². The summed E-state index contributed by atoms with van der Waals surface area (Å²) in [6.07, 6.45) is 1.74. The number of halogens is 1. The van der Waals surface area contributed by atoms with Crippen LogP contribution < -0.4 is 9.62 Å². The summed E-state index contributed by atoms with van der Waals surface area (Å²) >= 11 is 6.36. The Labute approximate surface area is 236 Å². The number of nitrogens with one attached hydrogen (secondary N) is 1. The summed E-state index contributed by atoms with van der Waals surface area (Å²) in [5.74, 6) is -0.798. The topological polar surface area (TPSA) is 86.8 Å². The van der Waals surface area contributed by atoms with Crippen molar-refractivity contribution in [3.8, 4) is 0 Å². The van der Waals surface area contributed by atoms with Crippen LogP contribution in [0.2, 0.25) is 5.02 Å². The molecule has 39 heavy (non-hydrogen) atoms. The molecule has 208 valence electrons. The van der Waals surface area contributed by atoms with Gasteiger partial charge in [-0.3, -0.25) is 13.9 Å². The van der Waals surface area contributed by atoms with E-state index in [1.54, 1.807) is 50.2 Å². The molecule has 7 nitrogen and oxygen atoms in total. The maximum absolute atomic E-state index is 14.0. The Kier molecular flexibility index (Phi) is 10.5. The lowest BCUT2D eigenvalue weighted by Crippen LogP contribution is -2.51. The lowest BCUT2D eigenvalue weighted by atomic mass is 10.1. The van der Waals surface area contributed by atoms with Crippen LogP contribution in [0, 0.1) is 13.8 Å². The standard InChI is InChI=1S/C30H36ClN3O4S/c1-5-6-19-32-30(36)24(4)33(20-25-17-15-22(2)16-18-25)29(35)21-34(28-14-10-13-27(31)23(28)3)39(37,38)26-11-8-7-9-12-26/h7-18,24H,5-6,19-21H2,1-4H3,(H,32,36)/t24-/m0/s1. The predicted octanol–water partition coefficient (Wildman–Crippen LogP) is 5.49. The zero-order valence-corrected chi connectivity index (χ0v) is 24.4. The largest absolute Gasteiger partial charge is 0.354 e. The number of anilines is 1. The third-order valence-electron chi connectivity index (χ3n) is 6.59. The summed E-state index contributed by atoms with van der Waals surface area (Å²) in [6, 6.07) is 19.7. The van der Waals surface area contributed by atoms with Gasteiger partial charge in [0.15, 0.2) is 0 Å². The van der Waals surface area contributed by atoms with Crippen LogP contribution in [0.15, 0.2) is 77.7 Å². The fraction of sp³-hybridized carbons (Fsp3) is 0.333. The molecule has 0 aliphatic carbocycles. The maximum atomic E-state index is 14.0. The van der Waals surface area contributed by atoms with E-state index in [9.17, 15) is 18.0 Å². The Hall–Kier alpha value is -3.36. The summed E-state index contributed by atoms with van der Waals surface area (Å²) in [5.41, 5.74) is 2.73. The average Bonchev–Trinajstić information content (AvgIpc) is 2.93. The number of nitrogens with zero attached hydrogens (tertiary/aromatic N) is 2. The van der Waals surface area contributed by atoms with Crippen molar-refractivity contribution in [1.82, 2.24) is 10.2 Å². The van der Waals surface area contributed by atoms with Crippen LogP contribution in [-0.2, 0) is 26.2 Å². The number of sulfonamides is 1. The molecule has 1 atom stereocenters. The fourth-order valence-electron chi connectivity index (χ4n) is 4.11. The van der Waals surface area contributed by atoms with E-state index in [1.165, 1.54) is 17.0 Å². The van der Waals surface area contributed by atoms with Gasteiger partial charge in [-0.2, -0.15) is 0 Å². The van der Waals surface area contributed by atoms with Gasteiger partial charge in [0.25, 0.3) is 10.0 Å². The van der Waals surface area contributed by atoms with Crippen molar-refractivity contribution >= 4 is 39.1 Å². The highest BCUT2D eigenvalue weighted by Gasteiger charge is 2.33. The number of unbranched alkanes of at least 4 members (excludes halogenated alkanes) is 1. The van der Waals surface area contributed by atoms with Crippen molar-refractivity contribution in [2.45, 2.75) is 58.0 Å². The monoisotopic (exact) mass is 569 g/mol. The van der Waals surface area contributed by atoms with Crippen LogP contribution in [-0.4, -0.2) is 44.3 Å². The minimum Gasteiger partial charge on any atom is -0.354 e. The molecule has 0 bridgehead atoms. The number of benzene rings is 3. The summed E-state index contributed by atoms with van der Waals surface area (Å²) in [4.78, 5) is 28.5. The van der Waals surface area contributed by atoms with Gasteiger partial charge in [0.05, 0.1) is 10.6 Å². The second kappa shape index (κ2) is 13.6. The Morgan fingerprint density at radius 1 is 0.949 bits per heavy atom. The van der Waals surface area contributed by atoms with E-state index in [0.29, 0.717) is 22.8 Å². The molecule has 0 aliphatic rings. The maximum Gasteiger partial charge on any atom is 0.264 e. The first-order chi connectivity index (χ1) is 18.6. The molecule has 1 N–H and O–H groups in total. The number of rotatable bonds is 12. The number of hydrogen-bond acceptors (Lipinski definition) is 4. The Bertz CT molecular complexity index is 1380. The average molecular weight is 570 g/mol. The number of carbonyl (C=O) groups is 2. The van der Waals surface area contributed by atoms with Crippen LogP contribution in [0.4, 0.5) is 5.69 Å². The van der Waals surface area contributed by atoms with E-state index in [0.717, 1.165) is 28.3 Å². The molecule has 0 radical (unpaired) electrons. The predicted molar refractivity (Wildman–Crippen MR) is 156 cm³/mol. The van der Waals surface area contributed by atoms with Crippen LogP contribution in [0.5, 0.6) is 0 Å². The first kappa shape index (κ1) is 30.2. The second-order valence-electron chi connectivity index (χ2n) is 9.54. The zero-order valence-electron chi connectivity index (χ0n) is 22.9. The normalized spacial score (nSPS) is 12.0. The molecule has 3 aromatic rings. The van der Waals surface area contributed by atoms with E-state index >= 15 is 0 Å². The third kappa shape index (κ3) is 7.61. The van der Waals surface area contributed by atoms with Crippen molar-refractivity contribution in [2.24, 2.45) is 0 Å². The molecule has 0 saturated heterocycles. The smallest absolute Gasteiger partial charge is 0.264 e. The number of carbonyl (C=O) groups excluding carboxylic acids is 2. The first-order valence-corrected chi connectivity index (χ1v) is 14.8. The fourth-order valence-corrected chi connectivity index (χ4v) is 5.77.